The van der Waals surface area contributed by atoms with Crippen LogP contribution in [0.25, 0.3) is 0 Å². The van der Waals surface area contributed by atoms with Crippen molar-refractivity contribution in [2.24, 2.45) is 11.8 Å². The fourth-order valence-electron chi connectivity index (χ4n) is 5.02. The summed E-state index contributed by atoms with van der Waals surface area (Å²) in [5.41, 5.74) is -0.719. The van der Waals surface area contributed by atoms with Gasteiger partial charge in [-0.3, -0.25) is 19.2 Å². The lowest BCUT2D eigenvalue weighted by Gasteiger charge is -2.38. The van der Waals surface area contributed by atoms with E-state index in [9.17, 15) is 38.8 Å². The van der Waals surface area contributed by atoms with E-state index < -0.39 is 54.4 Å². The predicted molar refractivity (Wildman–Crippen MR) is 175 cm³/mol. The summed E-state index contributed by atoms with van der Waals surface area (Å²) in [6.45, 7) is 23.4. The second kappa shape index (κ2) is 19.4. The zero-order valence-corrected chi connectivity index (χ0v) is 29.0. The molecule has 45 heavy (non-hydrogen) atoms. The van der Waals surface area contributed by atoms with E-state index in [2.05, 4.69) is 26.3 Å². The molecule has 0 amide bonds. The lowest BCUT2D eigenvalue weighted by molar-refractivity contribution is -0.216. The van der Waals surface area contributed by atoms with Crippen LogP contribution in [0.4, 0.5) is 0 Å². The Balaban J connectivity index is 6.94. The Bertz CT molecular complexity index is 1090. The van der Waals surface area contributed by atoms with Crippen LogP contribution in [0.1, 0.15) is 119 Å². The largest absolute Gasteiger partial charge is 0.478 e. The molecule has 4 atom stereocenters. The van der Waals surface area contributed by atoms with Crippen LogP contribution in [-0.4, -0.2) is 49.8 Å². The molecule has 10 nitrogen and oxygen atoms in total. The Morgan fingerprint density at radius 2 is 0.889 bits per heavy atom. The van der Waals surface area contributed by atoms with E-state index in [0.29, 0.717) is 25.7 Å². The second-order valence-electron chi connectivity index (χ2n) is 12.1. The van der Waals surface area contributed by atoms with Gasteiger partial charge < -0.3 is 15.1 Å². The highest BCUT2D eigenvalue weighted by molar-refractivity contribution is 7.47. The number of phosphoric ester groups is 1. The molecule has 0 saturated carbocycles. The first-order valence-electron chi connectivity index (χ1n) is 15.7. The number of Topliss-reactive ketones (excluding diaryl/α,β-unsaturated/α-hetero) is 4. The number of carbonyl (C=O) groups excluding carboxylic acids is 4. The van der Waals surface area contributed by atoms with Gasteiger partial charge in [-0.15, -0.1) is 0 Å². The summed E-state index contributed by atoms with van der Waals surface area (Å²) < 4.78 is 23.9. The van der Waals surface area contributed by atoms with Gasteiger partial charge in [0.05, 0.1) is 11.8 Å². The first-order chi connectivity index (χ1) is 20.7. The lowest BCUT2D eigenvalue weighted by atomic mass is 9.82. The average molecular weight is 655 g/mol. The molecule has 0 aliphatic heterocycles. The van der Waals surface area contributed by atoms with Gasteiger partial charge in [-0.2, -0.15) is 0 Å². The Morgan fingerprint density at radius 1 is 0.600 bits per heavy atom. The summed E-state index contributed by atoms with van der Waals surface area (Å²) in [6, 6.07) is 0. The van der Waals surface area contributed by atoms with E-state index in [4.69, 9.17) is 9.05 Å². The first-order valence-corrected chi connectivity index (χ1v) is 17.2. The number of unbranched alkanes of at least 4 members (excludes halogenated alkanes) is 8. The predicted octanol–water partition coefficient (Wildman–Crippen LogP) is 7.03. The summed E-state index contributed by atoms with van der Waals surface area (Å²) in [4.78, 5) is 64.3. The SMILES string of the molecule is C=C(C)C(=O)C(CCCCCCC)C(O)(OP(=O)(O)OC(O)(C(=O)C(=C)C)C(CCCCCCC)C(=O)C(=C)C)C(=O)C(=C)C. The van der Waals surface area contributed by atoms with Gasteiger partial charge in [-0.25, -0.2) is 13.6 Å². The van der Waals surface area contributed by atoms with Crippen LogP contribution in [0, 0.1) is 11.8 Å². The van der Waals surface area contributed by atoms with Gasteiger partial charge in [-0.05, 0) is 62.8 Å². The maximum atomic E-state index is 13.7. The van der Waals surface area contributed by atoms with E-state index in [1.807, 2.05) is 13.8 Å². The smallest absolute Gasteiger partial charge is 0.358 e. The van der Waals surface area contributed by atoms with Crippen molar-refractivity contribution >= 4 is 31.0 Å². The molecule has 0 rings (SSSR count). The third-order valence-corrected chi connectivity index (χ3v) is 8.56. The van der Waals surface area contributed by atoms with Gasteiger partial charge in [-0.1, -0.05) is 104 Å². The normalized spacial score (nSPS) is 16.7. The number of ketones is 4. The minimum atomic E-state index is -5.86. The van der Waals surface area contributed by atoms with Crippen LogP contribution in [0.3, 0.4) is 0 Å². The van der Waals surface area contributed by atoms with Gasteiger partial charge in [0.2, 0.25) is 11.6 Å². The van der Waals surface area contributed by atoms with Crippen LogP contribution in [-0.2, 0) is 32.8 Å². The molecule has 0 bridgehead atoms. The van der Waals surface area contributed by atoms with Crippen molar-refractivity contribution in [1.29, 1.82) is 0 Å². The highest BCUT2D eigenvalue weighted by Gasteiger charge is 2.58. The summed E-state index contributed by atoms with van der Waals surface area (Å²) in [5.74, 6) is -14.2. The molecule has 0 aromatic rings. The van der Waals surface area contributed by atoms with E-state index in [-0.39, 0.29) is 35.1 Å². The van der Waals surface area contributed by atoms with Gasteiger partial charge in [0.25, 0.3) is 11.6 Å². The molecule has 256 valence electrons. The maximum Gasteiger partial charge on any atom is 0.478 e. The quantitative estimate of drug-likeness (QED) is 0.0382. The first kappa shape index (κ1) is 42.7. The van der Waals surface area contributed by atoms with Crippen LogP contribution in [0.5, 0.6) is 0 Å². The fraction of sp³-hybridized carbons (Fsp3) is 0.647. The number of hydrogen-bond acceptors (Lipinski definition) is 9. The monoisotopic (exact) mass is 654 g/mol. The second-order valence-corrected chi connectivity index (χ2v) is 13.4. The van der Waals surface area contributed by atoms with Crippen molar-refractivity contribution in [3.63, 3.8) is 0 Å². The van der Waals surface area contributed by atoms with E-state index >= 15 is 0 Å². The van der Waals surface area contributed by atoms with Crippen molar-refractivity contribution < 1.29 is 47.9 Å². The summed E-state index contributed by atoms with van der Waals surface area (Å²) in [7, 11) is -5.86. The zero-order valence-electron chi connectivity index (χ0n) is 28.1. The van der Waals surface area contributed by atoms with Crippen LogP contribution in [0.15, 0.2) is 48.6 Å². The molecule has 0 aliphatic carbocycles. The summed E-state index contributed by atoms with van der Waals surface area (Å²) >= 11 is 0. The van der Waals surface area contributed by atoms with Gasteiger partial charge in [0.15, 0.2) is 11.6 Å². The van der Waals surface area contributed by atoms with Gasteiger partial charge in [0.1, 0.15) is 0 Å². The molecule has 0 spiro atoms. The number of allylic oxidation sites excluding steroid dienone is 2. The molecule has 0 fully saturated rings. The minimum Gasteiger partial charge on any atom is -0.358 e. The lowest BCUT2D eigenvalue weighted by Crippen LogP contribution is -2.54. The standard InChI is InChI=1S/C34H55O10P/c1-11-13-15-17-19-21-27(29(35)23(3)4)33(39,31(37)25(7)8)43-45(41,42)44-34(40,32(38)26(9)10)28(30(36)24(5)6)22-20-18-16-14-12-2/h27-28,39-40H,3,5,7,9,11-22H2,1-2,4,6,8,10H3,(H,41,42). The van der Waals surface area contributed by atoms with Crippen LogP contribution in [0.2, 0.25) is 0 Å². The summed E-state index contributed by atoms with van der Waals surface area (Å²) in [6.07, 6.45) is 7.05. The van der Waals surface area contributed by atoms with E-state index in [0.717, 1.165) is 38.5 Å². The zero-order chi connectivity index (χ0) is 35.2. The number of phosphoric acid groups is 1. The molecular formula is C34H55O10P. The third kappa shape index (κ3) is 12.8. The molecule has 0 aliphatic rings. The molecule has 0 aromatic carbocycles. The Labute approximate surface area is 269 Å². The molecule has 0 saturated heterocycles. The molecule has 0 aromatic heterocycles. The van der Waals surface area contributed by atoms with Crippen molar-refractivity contribution in [3.8, 4) is 0 Å². The van der Waals surface area contributed by atoms with Crippen molar-refractivity contribution in [1.82, 2.24) is 0 Å². The minimum absolute atomic E-state index is 0.0528. The highest BCUT2D eigenvalue weighted by atomic mass is 31.2. The third-order valence-electron chi connectivity index (χ3n) is 7.55. The number of aliphatic hydroxyl groups is 2. The van der Waals surface area contributed by atoms with Gasteiger partial charge >= 0.3 is 7.82 Å². The highest BCUT2D eigenvalue weighted by Crippen LogP contribution is 2.54. The van der Waals surface area contributed by atoms with E-state index in [1.165, 1.54) is 27.7 Å². The number of carbonyl (C=O) groups is 4. The van der Waals surface area contributed by atoms with Crippen molar-refractivity contribution in [3.05, 3.63) is 48.6 Å². The van der Waals surface area contributed by atoms with Crippen LogP contribution >= 0.6 is 7.82 Å². The Hall–Kier alpha value is -2.33. The average Bonchev–Trinajstić information content (AvgIpc) is 2.94. The maximum absolute atomic E-state index is 13.7. The van der Waals surface area contributed by atoms with Crippen molar-refractivity contribution in [2.45, 2.75) is 130 Å². The number of hydrogen-bond donors (Lipinski definition) is 3. The summed E-state index contributed by atoms with van der Waals surface area (Å²) in [5, 5.41) is 23.4. The molecule has 3 N–H and O–H groups in total. The number of rotatable bonds is 26. The Morgan fingerprint density at radius 3 is 1.13 bits per heavy atom. The van der Waals surface area contributed by atoms with Crippen molar-refractivity contribution in [2.75, 3.05) is 0 Å². The van der Waals surface area contributed by atoms with Gasteiger partial charge in [0, 0.05) is 0 Å². The fourth-order valence-corrected chi connectivity index (χ4v) is 6.18. The molecular weight excluding hydrogens is 599 g/mol. The molecule has 0 heterocycles. The molecule has 11 heteroatoms. The molecule has 4 unspecified atom stereocenters. The topological polar surface area (TPSA) is 164 Å². The Kier molecular flexibility index (Phi) is 18.4. The van der Waals surface area contributed by atoms with Crippen LogP contribution < -0.4 is 0 Å². The van der Waals surface area contributed by atoms with E-state index in [1.54, 1.807) is 0 Å². The molecule has 0 radical (unpaired) electrons.